The summed E-state index contributed by atoms with van der Waals surface area (Å²) in [5.74, 6) is -30.5. The van der Waals surface area contributed by atoms with E-state index in [1.807, 2.05) is 19.6 Å². The van der Waals surface area contributed by atoms with Crippen molar-refractivity contribution in [1.82, 2.24) is 39.2 Å². The fourth-order valence-corrected chi connectivity index (χ4v) is 15.5. The monoisotopic (exact) mass is 1820 g/mol. The number of carbonyl (C=O) groups is 11. The molecule has 0 aliphatic carbocycles. The summed E-state index contributed by atoms with van der Waals surface area (Å²) in [4.78, 5) is 158. The number of carboxylic acid groups (broad SMARTS) is 10. The quantitative estimate of drug-likeness (QED) is 0.0313. The Morgan fingerprint density at radius 2 is 0.667 bits per heavy atom. The number of carbonyl (C=O) groups excluding carboxylic acids is 11. The predicted molar refractivity (Wildman–Crippen MR) is 386 cm³/mol. The van der Waals surface area contributed by atoms with E-state index in [0.29, 0.717) is 100 Å². The molecule has 0 aromatic heterocycles. The number of benzene rings is 3. The van der Waals surface area contributed by atoms with Crippen molar-refractivity contribution >= 4 is 94.6 Å². The van der Waals surface area contributed by atoms with Crippen LogP contribution in [0.15, 0.2) is 72.8 Å². The van der Waals surface area contributed by atoms with Gasteiger partial charge in [0.25, 0.3) is 0 Å². The number of aliphatic hydroxyl groups is 1. The van der Waals surface area contributed by atoms with Crippen molar-refractivity contribution in [2.45, 2.75) is 121 Å². The van der Waals surface area contributed by atoms with Gasteiger partial charge in [0.05, 0.1) is 19.1 Å². The summed E-state index contributed by atoms with van der Waals surface area (Å²) in [6, 6.07) is 18.5. The van der Waals surface area contributed by atoms with Crippen LogP contribution in [0.4, 0.5) is 0 Å². The van der Waals surface area contributed by atoms with Crippen LogP contribution in [0.1, 0.15) is 135 Å². The Morgan fingerprint density at radius 3 is 0.983 bits per heavy atom. The Labute approximate surface area is 935 Å². The van der Waals surface area contributed by atoms with Gasteiger partial charge in [-0.05, 0) is 168 Å². The fraction of sp³-hybridized carbons (Fsp3) is 0.618. The Balaban J connectivity index is -0.00000325. The number of rotatable bonds is 42. The number of alkyl halides is 1. The van der Waals surface area contributed by atoms with E-state index in [1.54, 1.807) is 58.3 Å². The number of nitrogens with zero attached hydrogens (tertiary/aromatic N) is 8. The summed E-state index contributed by atoms with van der Waals surface area (Å²) in [6.45, 7) is 5.25. The van der Waals surface area contributed by atoms with E-state index in [4.69, 9.17) is 16.1 Å². The van der Waals surface area contributed by atoms with Gasteiger partial charge in [-0.2, -0.15) is 0 Å². The first kappa shape index (κ1) is 133. The maximum Gasteiger partial charge on any atom is 1.00 e. The first-order valence-electron chi connectivity index (χ1n) is 37.4. The SMILES string of the molecule is CC(C(=O)[O-])C(CC(C(=O)[O-])C(C(=O)[O-])C(CC(C(=O)[O-])C(C(=O)N1CCCN(CCC(=O)[O-])CCN(CCC(=O)[O-])CCCN(CCC(=O)[O-])CC1)C(COPP)c1ccc(CO)cc1)c1ccc(CCl)cc1)c1ccc(CN2CCCN(CCC(=O)[O-])CCN(CCC(=O)[O-])CCCN(CCC(=O)[O-])CC2)cc1.[Na+].[Na+].[Na+].[Na+].[Na+].[Na+].[Na+].[Na+].[Na+].[Na+]. The van der Waals surface area contributed by atoms with Gasteiger partial charge in [-0.25, -0.2) is 0 Å². The molecule has 2 aliphatic rings. The van der Waals surface area contributed by atoms with Crippen LogP contribution in [0.3, 0.4) is 0 Å². The number of hydrogen-bond acceptors (Lipinski definition) is 30. The third-order valence-corrected chi connectivity index (χ3v) is 22.1. The molecule has 3 aromatic carbocycles. The van der Waals surface area contributed by atoms with Crippen LogP contribution < -0.4 is 347 Å². The van der Waals surface area contributed by atoms with E-state index >= 15 is 4.79 Å². The molecule has 0 spiro atoms. The molecule has 10 unspecified atom stereocenters. The third kappa shape index (κ3) is 51.8. The summed E-state index contributed by atoms with van der Waals surface area (Å²) in [5.41, 5.74) is 2.16. The van der Waals surface area contributed by atoms with Crippen molar-refractivity contribution < 1.29 is 409 Å². The van der Waals surface area contributed by atoms with Crippen LogP contribution in [0.2, 0.25) is 0 Å². The molecule has 1 N–H and O–H groups in total. The van der Waals surface area contributed by atoms with Crippen LogP contribution in [0, 0.1) is 29.6 Å². The van der Waals surface area contributed by atoms with Crippen molar-refractivity contribution in [3.05, 3.63) is 106 Å². The van der Waals surface area contributed by atoms with E-state index < -0.39 is 145 Å². The molecule has 0 bridgehead atoms. The molecule has 2 heterocycles. The average molecular weight is 1820 g/mol. The largest absolute Gasteiger partial charge is 1.00 e. The standard InChI is InChI=1S/C76H113ClN8O23P2.10Na/c1-52(73(100)101)59(56-14-8-54(9-15-56)49-84-30-4-28-80(34-20-66(91)92)39-38-78(32-18-64(87)88)24-2-26-81(42-43-84)35-21-67(93)94)46-62(75(104)105)71(76(106)107)60(57-12-6-53(48-77)7-13-57)47-61(74(102)103)70(63(51-108-110-109)58-16-10-55(50-86)11-17-58)72(99)85-31-5-29-82(36-22-68(95)96)41-40-79(33-19-65(89)90)25-3-27-83(44-45-85)37-23-69(97)98;;;;;;;;;;/h6-17,52,59-63,70-71,86,110H,2-5,18-51,109H2,1H3,(H,87,88)(H,89,90)(H,91,92)(H,93,94)(H,95,96)(H,97,98)(H,100,101)(H,102,103)(H,104,105)(H,106,107);;;;;;;;;;/q;10*+1/p-10. The van der Waals surface area contributed by atoms with Crippen molar-refractivity contribution in [1.29, 1.82) is 0 Å². The van der Waals surface area contributed by atoms with Gasteiger partial charge in [-0.1, -0.05) is 88.6 Å². The molecular weight excluding hydrogens is 1720 g/mol. The van der Waals surface area contributed by atoms with Crippen LogP contribution in [0.5, 0.6) is 0 Å². The van der Waals surface area contributed by atoms with Gasteiger partial charge in [-0.3, -0.25) is 9.69 Å². The minimum Gasteiger partial charge on any atom is -0.550 e. The average Bonchev–Trinajstić information content (AvgIpc) is 0.780. The molecule has 612 valence electrons. The van der Waals surface area contributed by atoms with Gasteiger partial charge in [-0.15, -0.1) is 11.6 Å². The normalized spacial score (nSPS) is 16.9. The van der Waals surface area contributed by atoms with Gasteiger partial charge in [0, 0.05) is 208 Å². The second kappa shape index (κ2) is 75.0. The first-order chi connectivity index (χ1) is 52.5. The number of hydrogen-bond donors (Lipinski definition) is 1. The van der Waals surface area contributed by atoms with E-state index in [-0.39, 0.29) is 451 Å². The van der Waals surface area contributed by atoms with Gasteiger partial charge in [0.15, 0.2) is 0 Å². The fourth-order valence-electron chi connectivity index (χ4n) is 14.7. The topological polar surface area (TPSA) is 474 Å². The van der Waals surface area contributed by atoms with Gasteiger partial charge in [0.1, 0.15) is 0 Å². The third-order valence-electron chi connectivity index (χ3n) is 20.9. The molecule has 3 aromatic rings. The number of amides is 1. The zero-order valence-electron chi connectivity index (χ0n) is 72.4. The number of carboxylic acids is 10. The number of aliphatic hydroxyl groups excluding tert-OH is 1. The second-order valence-electron chi connectivity index (χ2n) is 28.4. The second-order valence-corrected chi connectivity index (χ2v) is 29.9. The van der Waals surface area contributed by atoms with E-state index in [9.17, 15) is 104 Å². The van der Waals surface area contributed by atoms with Crippen LogP contribution in [-0.4, -0.2) is 260 Å². The van der Waals surface area contributed by atoms with E-state index in [1.165, 1.54) is 36.1 Å². The Kier molecular flexibility index (Phi) is 83.3. The maximum absolute atomic E-state index is 16.4. The van der Waals surface area contributed by atoms with Gasteiger partial charge >= 0.3 is 296 Å². The van der Waals surface area contributed by atoms with Gasteiger partial charge < -0.3 is 143 Å². The molecule has 0 radical (unpaired) electrons. The summed E-state index contributed by atoms with van der Waals surface area (Å²) >= 11 is 6.27. The zero-order valence-corrected chi connectivity index (χ0v) is 95.3. The van der Waals surface area contributed by atoms with E-state index in [0.717, 1.165) is 0 Å². The molecule has 2 fully saturated rings. The van der Waals surface area contributed by atoms with E-state index in [2.05, 4.69) is 13.8 Å². The van der Waals surface area contributed by atoms with Gasteiger partial charge in [0.2, 0.25) is 5.91 Å². The Hall–Kier alpha value is 2.62. The molecule has 2 saturated heterocycles. The maximum atomic E-state index is 16.4. The van der Waals surface area contributed by atoms with Crippen LogP contribution in [-0.2, 0) is 76.3 Å². The molecular formula is C76H103ClN8Na10O23P2. The van der Waals surface area contributed by atoms with Crippen molar-refractivity contribution in [2.24, 2.45) is 29.6 Å². The number of halogens is 1. The Morgan fingerprint density at radius 1 is 0.375 bits per heavy atom. The van der Waals surface area contributed by atoms with Crippen LogP contribution in [0.25, 0.3) is 0 Å². The molecule has 0 saturated carbocycles. The van der Waals surface area contributed by atoms with Crippen molar-refractivity contribution in [3.8, 4) is 0 Å². The van der Waals surface area contributed by atoms with Crippen molar-refractivity contribution in [3.63, 3.8) is 0 Å². The molecule has 1 amide bonds. The molecule has 5 rings (SSSR count). The minimum absolute atomic E-state index is 0. The molecule has 10 atom stereocenters. The van der Waals surface area contributed by atoms with Crippen molar-refractivity contribution in [2.75, 3.05) is 151 Å². The predicted octanol–water partition coefficient (Wildman–Crippen LogP) is -37.2. The minimum atomic E-state index is -2.28. The first-order valence-corrected chi connectivity index (χ1v) is 40.6. The summed E-state index contributed by atoms with van der Waals surface area (Å²) in [5, 5.41) is 137. The molecule has 31 nitrogen and oxygen atoms in total. The summed E-state index contributed by atoms with van der Waals surface area (Å²) in [7, 11) is 2.06. The summed E-state index contributed by atoms with van der Waals surface area (Å²) < 4.78 is 6.07. The number of aliphatic carboxylic acids is 10. The molecule has 120 heavy (non-hydrogen) atoms. The van der Waals surface area contributed by atoms with Crippen LogP contribution >= 0.6 is 29.0 Å². The smallest absolute Gasteiger partial charge is 0.550 e. The zero-order chi connectivity index (χ0) is 80.8. The Bertz CT molecular complexity index is 3460. The summed E-state index contributed by atoms with van der Waals surface area (Å²) in [6.07, 6.45) is -2.09. The molecule has 2 aliphatic heterocycles. The molecule has 44 heteroatoms.